The molecule has 2 heterocycles. The topological polar surface area (TPSA) is 55.0 Å². The third kappa shape index (κ3) is 3.14. The van der Waals surface area contributed by atoms with Crippen molar-refractivity contribution in [2.24, 2.45) is 5.73 Å². The predicted octanol–water partition coefficient (Wildman–Crippen LogP) is 2.56. The summed E-state index contributed by atoms with van der Waals surface area (Å²) < 4.78 is 0. The highest BCUT2D eigenvalue weighted by molar-refractivity contribution is 5.66. The second-order valence-corrected chi connectivity index (χ2v) is 6.84. The fourth-order valence-electron chi connectivity index (χ4n) is 3.91. The maximum Gasteiger partial charge on any atom is 0.0932 e. The van der Waals surface area contributed by atoms with Crippen LogP contribution in [0.2, 0.25) is 0 Å². The predicted molar refractivity (Wildman–Crippen MR) is 92.0 cm³/mol. The van der Waals surface area contributed by atoms with Crippen molar-refractivity contribution < 1.29 is 0 Å². The average molecular weight is 308 g/mol. The van der Waals surface area contributed by atoms with Gasteiger partial charge in [0.25, 0.3) is 0 Å². The molecule has 0 radical (unpaired) electrons. The molecule has 4 rings (SSSR count). The van der Waals surface area contributed by atoms with Crippen LogP contribution in [0, 0.1) is 0 Å². The number of nitrogens with two attached hydrogens (primary N) is 1. The van der Waals surface area contributed by atoms with Crippen LogP contribution >= 0.6 is 0 Å². The van der Waals surface area contributed by atoms with Crippen LogP contribution in [0.4, 0.5) is 0 Å². The van der Waals surface area contributed by atoms with E-state index in [9.17, 15) is 0 Å². The third-order valence-electron chi connectivity index (χ3n) is 5.07. The van der Waals surface area contributed by atoms with Crippen LogP contribution in [0.1, 0.15) is 36.1 Å². The van der Waals surface area contributed by atoms with E-state index in [1.807, 2.05) is 0 Å². The summed E-state index contributed by atoms with van der Waals surface area (Å²) in [4.78, 5) is 2.39. The van der Waals surface area contributed by atoms with Crippen molar-refractivity contribution in [2.75, 3.05) is 13.1 Å². The van der Waals surface area contributed by atoms with Crippen molar-refractivity contribution in [3.8, 4) is 11.3 Å². The second-order valence-electron chi connectivity index (χ2n) is 6.84. The van der Waals surface area contributed by atoms with Gasteiger partial charge in [0.05, 0.1) is 11.4 Å². The molecule has 23 heavy (non-hydrogen) atoms. The van der Waals surface area contributed by atoms with Crippen molar-refractivity contribution in [1.82, 2.24) is 15.1 Å². The van der Waals surface area contributed by atoms with E-state index < -0.39 is 0 Å². The molecule has 0 saturated carbocycles. The molecular weight excluding hydrogens is 284 g/mol. The maximum absolute atomic E-state index is 6.05. The molecule has 0 spiro atoms. The molecule has 1 aliphatic heterocycles. The molecule has 2 N–H and O–H groups in total. The molecule has 1 aromatic heterocycles. The van der Waals surface area contributed by atoms with Gasteiger partial charge in [0.1, 0.15) is 0 Å². The van der Waals surface area contributed by atoms with Crippen molar-refractivity contribution >= 4 is 0 Å². The van der Waals surface area contributed by atoms with Gasteiger partial charge >= 0.3 is 0 Å². The van der Waals surface area contributed by atoms with Crippen LogP contribution in [-0.2, 0) is 19.4 Å². The fourth-order valence-corrected chi connectivity index (χ4v) is 3.91. The third-order valence-corrected chi connectivity index (χ3v) is 5.07. The summed E-state index contributed by atoms with van der Waals surface area (Å²) in [5.41, 5.74) is 12.3. The maximum atomic E-state index is 6.05. The van der Waals surface area contributed by atoms with E-state index in [2.05, 4.69) is 45.4 Å². The molecule has 1 unspecified atom stereocenters. The summed E-state index contributed by atoms with van der Waals surface area (Å²) in [5, 5.41) is 8.97. The van der Waals surface area contributed by atoms with Gasteiger partial charge in [-0.3, -0.25) is 4.90 Å². The lowest BCUT2D eigenvalue weighted by molar-refractivity contribution is 0.199. The summed E-state index contributed by atoms with van der Waals surface area (Å²) >= 11 is 0. The highest BCUT2D eigenvalue weighted by atomic mass is 15.2. The minimum atomic E-state index is 0.308. The van der Waals surface area contributed by atoms with Crippen molar-refractivity contribution in [3.05, 3.63) is 47.2 Å². The molecule has 4 nitrogen and oxygen atoms in total. The molecule has 120 valence electrons. The number of fused-ring (bicyclic) bond motifs is 1. The monoisotopic (exact) mass is 308 g/mol. The van der Waals surface area contributed by atoms with E-state index in [-0.39, 0.29) is 0 Å². The minimum absolute atomic E-state index is 0.308. The summed E-state index contributed by atoms with van der Waals surface area (Å²) in [6, 6.07) is 11.1. The zero-order valence-corrected chi connectivity index (χ0v) is 13.5. The van der Waals surface area contributed by atoms with E-state index in [0.29, 0.717) is 6.04 Å². The first-order chi connectivity index (χ1) is 11.3. The van der Waals surface area contributed by atoms with Crippen molar-refractivity contribution in [3.63, 3.8) is 0 Å². The molecule has 1 aromatic carbocycles. The van der Waals surface area contributed by atoms with Crippen LogP contribution in [0.5, 0.6) is 0 Å². The van der Waals surface area contributed by atoms with E-state index in [1.165, 1.54) is 42.4 Å². The lowest BCUT2D eigenvalue weighted by atomic mass is 10.0. The van der Waals surface area contributed by atoms with Gasteiger partial charge in [-0.1, -0.05) is 18.2 Å². The molecule has 1 atom stereocenters. The average Bonchev–Trinajstić information content (AvgIpc) is 3.04. The van der Waals surface area contributed by atoms with Gasteiger partial charge in [-0.05, 0) is 61.9 Å². The number of hydrogen-bond donors (Lipinski definition) is 1. The van der Waals surface area contributed by atoms with Gasteiger partial charge in [-0.15, -0.1) is 0 Å². The summed E-state index contributed by atoms with van der Waals surface area (Å²) in [6.45, 7) is 2.94. The van der Waals surface area contributed by atoms with Crippen LogP contribution in [0.15, 0.2) is 30.3 Å². The summed E-state index contributed by atoms with van der Waals surface area (Å²) in [5.74, 6) is 0. The molecular formula is C19H24N4. The Morgan fingerprint density at radius 3 is 2.87 bits per heavy atom. The quantitative estimate of drug-likeness (QED) is 0.947. The highest BCUT2D eigenvalue weighted by Gasteiger charge is 2.18. The number of aromatic nitrogens is 2. The Kier molecular flexibility index (Phi) is 4.10. The highest BCUT2D eigenvalue weighted by Crippen LogP contribution is 2.31. The van der Waals surface area contributed by atoms with E-state index in [4.69, 9.17) is 5.73 Å². The van der Waals surface area contributed by atoms with Gasteiger partial charge in [0.2, 0.25) is 0 Å². The standard InChI is InChI=1S/C19H24N4/c20-15-6-3-11-23(12-15)13-16-9-10-19(22-21-16)18-8-2-5-14-4-1-7-17(14)18/h2,5,8-10,15H,1,3-4,6-7,11-13,20H2. The van der Waals surface area contributed by atoms with Gasteiger partial charge in [0.15, 0.2) is 0 Å². The SMILES string of the molecule is NC1CCCN(Cc2ccc(-c3cccc4c3CCC4)nn2)C1. The molecule has 4 heteroatoms. The zero-order chi connectivity index (χ0) is 15.6. The van der Waals surface area contributed by atoms with Crippen LogP contribution < -0.4 is 5.73 Å². The lowest BCUT2D eigenvalue weighted by Crippen LogP contribution is -2.42. The Labute approximate surface area is 137 Å². The first-order valence-electron chi connectivity index (χ1n) is 8.71. The normalized spacial score (nSPS) is 21.3. The van der Waals surface area contributed by atoms with E-state index in [1.54, 1.807) is 0 Å². The molecule has 0 bridgehead atoms. The fraction of sp³-hybridized carbons (Fsp3) is 0.474. The smallest absolute Gasteiger partial charge is 0.0932 e. The zero-order valence-electron chi connectivity index (χ0n) is 13.5. The Bertz CT molecular complexity index is 680. The molecule has 1 fully saturated rings. The first kappa shape index (κ1) is 14.8. The Morgan fingerprint density at radius 2 is 2.04 bits per heavy atom. The number of piperidine rings is 1. The number of benzene rings is 1. The van der Waals surface area contributed by atoms with Gasteiger partial charge in [-0.25, -0.2) is 0 Å². The molecule has 1 aliphatic carbocycles. The Morgan fingerprint density at radius 1 is 1.09 bits per heavy atom. The van der Waals surface area contributed by atoms with Crippen molar-refractivity contribution in [1.29, 1.82) is 0 Å². The number of likely N-dealkylation sites (tertiary alicyclic amines) is 1. The van der Waals surface area contributed by atoms with Crippen molar-refractivity contribution in [2.45, 2.75) is 44.7 Å². The lowest BCUT2D eigenvalue weighted by Gasteiger charge is -2.30. The Hall–Kier alpha value is -1.78. The first-order valence-corrected chi connectivity index (χ1v) is 8.71. The van der Waals surface area contributed by atoms with Crippen LogP contribution in [0.3, 0.4) is 0 Å². The summed E-state index contributed by atoms with van der Waals surface area (Å²) in [7, 11) is 0. The number of aryl methyl sites for hydroxylation is 1. The molecule has 1 saturated heterocycles. The van der Waals surface area contributed by atoms with Crippen LogP contribution in [-0.4, -0.2) is 34.2 Å². The van der Waals surface area contributed by atoms with Gasteiger partial charge in [-0.2, -0.15) is 10.2 Å². The number of nitrogens with zero attached hydrogens (tertiary/aromatic N) is 3. The summed E-state index contributed by atoms with van der Waals surface area (Å²) in [6.07, 6.45) is 5.95. The largest absolute Gasteiger partial charge is 0.327 e. The number of hydrogen-bond acceptors (Lipinski definition) is 4. The molecule has 2 aromatic rings. The minimum Gasteiger partial charge on any atom is -0.327 e. The Balaban J connectivity index is 1.51. The molecule has 2 aliphatic rings. The molecule has 0 amide bonds. The van der Waals surface area contributed by atoms with Gasteiger partial charge < -0.3 is 5.73 Å². The van der Waals surface area contributed by atoms with E-state index in [0.717, 1.165) is 37.4 Å². The van der Waals surface area contributed by atoms with E-state index >= 15 is 0 Å². The number of rotatable bonds is 3. The van der Waals surface area contributed by atoms with Gasteiger partial charge in [0, 0.05) is 24.7 Å². The second kappa shape index (κ2) is 6.38. The van der Waals surface area contributed by atoms with Crippen LogP contribution in [0.25, 0.3) is 11.3 Å².